The van der Waals surface area contributed by atoms with Crippen molar-refractivity contribution in [2.24, 2.45) is 0 Å². The number of ether oxygens (including phenoxy) is 5. The van der Waals surface area contributed by atoms with E-state index in [1.54, 1.807) is 21.3 Å². The zero-order valence-corrected chi connectivity index (χ0v) is 19.5. The number of aryl methyl sites for hydroxylation is 1. The minimum atomic E-state index is -0.641. The Morgan fingerprint density at radius 3 is 2.38 bits per heavy atom. The first-order valence-electron chi connectivity index (χ1n) is 11.0. The molecule has 2 unspecified atom stereocenters. The minimum Gasteiger partial charge on any atom is -0.493 e. The zero-order valence-electron chi connectivity index (χ0n) is 19.5. The van der Waals surface area contributed by atoms with Crippen molar-refractivity contribution in [3.63, 3.8) is 0 Å². The molecule has 0 bridgehead atoms. The van der Waals surface area contributed by atoms with Gasteiger partial charge in [-0.2, -0.15) is 0 Å². The number of rotatable bonds is 12. The summed E-state index contributed by atoms with van der Waals surface area (Å²) in [7, 11) is 4.81. The molecule has 1 aliphatic heterocycles. The van der Waals surface area contributed by atoms with Crippen LogP contribution >= 0.6 is 0 Å². The number of benzene rings is 2. The van der Waals surface area contributed by atoms with Crippen LogP contribution in [0.1, 0.15) is 24.0 Å². The first-order valence-corrected chi connectivity index (χ1v) is 11.0. The summed E-state index contributed by atoms with van der Waals surface area (Å²) in [5.74, 6) is 2.59. The Balaban J connectivity index is 1.70. The van der Waals surface area contributed by atoms with Crippen LogP contribution in [0.15, 0.2) is 36.4 Å². The Kier molecular flexibility index (Phi) is 9.02. The molecular weight excluding hydrogens is 410 g/mol. The first kappa shape index (κ1) is 24.2. The lowest BCUT2D eigenvalue weighted by Gasteiger charge is -2.28. The molecule has 0 saturated carbocycles. The number of para-hydroxylation sites is 1. The van der Waals surface area contributed by atoms with E-state index in [0.717, 1.165) is 42.9 Å². The molecule has 0 aliphatic carbocycles. The molecule has 7 nitrogen and oxygen atoms in total. The van der Waals surface area contributed by atoms with Crippen LogP contribution in [-0.2, 0) is 11.3 Å². The quantitative estimate of drug-likeness (QED) is 0.537. The molecule has 1 N–H and O–H groups in total. The highest BCUT2D eigenvalue weighted by Gasteiger charge is 2.23. The number of aliphatic hydroxyl groups excluding tert-OH is 1. The highest BCUT2D eigenvalue weighted by atomic mass is 16.5. The van der Waals surface area contributed by atoms with E-state index in [1.807, 2.05) is 43.3 Å². The molecule has 1 fully saturated rings. The summed E-state index contributed by atoms with van der Waals surface area (Å²) < 4.78 is 28.1. The van der Waals surface area contributed by atoms with Crippen LogP contribution in [0.25, 0.3) is 0 Å². The molecular formula is C25H35NO6. The van der Waals surface area contributed by atoms with E-state index in [0.29, 0.717) is 30.3 Å². The maximum absolute atomic E-state index is 10.7. The normalized spacial score (nSPS) is 16.8. The lowest BCUT2D eigenvalue weighted by atomic mass is 10.1. The predicted octanol–water partition coefficient (Wildman–Crippen LogP) is 3.44. The molecule has 32 heavy (non-hydrogen) atoms. The number of aliphatic hydroxyl groups is 1. The van der Waals surface area contributed by atoms with Crippen molar-refractivity contribution in [1.29, 1.82) is 0 Å². The second-order valence-electron chi connectivity index (χ2n) is 8.09. The lowest BCUT2D eigenvalue weighted by molar-refractivity contribution is 0.0312. The zero-order chi connectivity index (χ0) is 22.9. The van der Waals surface area contributed by atoms with Gasteiger partial charge in [0.1, 0.15) is 18.5 Å². The fourth-order valence-corrected chi connectivity index (χ4v) is 4.02. The van der Waals surface area contributed by atoms with Crippen LogP contribution in [0.5, 0.6) is 23.0 Å². The van der Waals surface area contributed by atoms with Crippen molar-refractivity contribution in [3.05, 3.63) is 47.5 Å². The molecule has 0 aromatic heterocycles. The van der Waals surface area contributed by atoms with E-state index >= 15 is 0 Å². The molecule has 1 heterocycles. The van der Waals surface area contributed by atoms with Crippen LogP contribution < -0.4 is 18.9 Å². The van der Waals surface area contributed by atoms with E-state index in [2.05, 4.69) is 4.90 Å². The molecule has 1 aliphatic rings. The Labute approximate surface area is 190 Å². The average molecular weight is 446 g/mol. The molecule has 1 saturated heterocycles. The van der Waals surface area contributed by atoms with Gasteiger partial charge in [0.2, 0.25) is 5.75 Å². The van der Waals surface area contributed by atoms with Crippen molar-refractivity contribution < 1.29 is 28.8 Å². The van der Waals surface area contributed by atoms with E-state index in [-0.39, 0.29) is 12.7 Å². The summed E-state index contributed by atoms with van der Waals surface area (Å²) in [5, 5.41) is 10.7. The summed E-state index contributed by atoms with van der Waals surface area (Å²) in [5.41, 5.74) is 2.05. The van der Waals surface area contributed by atoms with Gasteiger partial charge in [0.15, 0.2) is 11.5 Å². The molecule has 176 valence electrons. The maximum atomic E-state index is 10.7. The monoisotopic (exact) mass is 445 g/mol. The smallest absolute Gasteiger partial charge is 0.203 e. The van der Waals surface area contributed by atoms with Crippen molar-refractivity contribution in [3.8, 4) is 23.0 Å². The van der Waals surface area contributed by atoms with E-state index < -0.39 is 6.10 Å². The summed E-state index contributed by atoms with van der Waals surface area (Å²) in [6.07, 6.45) is 1.63. The SMILES string of the molecule is COc1cc(CN(CC(O)COc2ccccc2C)CC2CCCO2)cc(OC)c1OC. The van der Waals surface area contributed by atoms with Gasteiger partial charge < -0.3 is 28.8 Å². The van der Waals surface area contributed by atoms with Crippen molar-refractivity contribution in [2.45, 2.75) is 38.5 Å². The number of hydrogen-bond donors (Lipinski definition) is 1. The number of hydrogen-bond acceptors (Lipinski definition) is 7. The van der Waals surface area contributed by atoms with Gasteiger partial charge in [-0.15, -0.1) is 0 Å². The summed E-state index contributed by atoms with van der Waals surface area (Å²) in [6.45, 7) is 4.82. The van der Waals surface area contributed by atoms with Crippen LogP contribution in [0, 0.1) is 6.92 Å². The van der Waals surface area contributed by atoms with Gasteiger partial charge in [0.05, 0.1) is 27.4 Å². The van der Waals surface area contributed by atoms with Gasteiger partial charge in [-0.3, -0.25) is 4.90 Å². The first-order chi connectivity index (χ1) is 15.5. The topological polar surface area (TPSA) is 69.6 Å². The summed E-state index contributed by atoms with van der Waals surface area (Å²) >= 11 is 0. The predicted molar refractivity (Wildman–Crippen MR) is 123 cm³/mol. The fraction of sp³-hybridized carbons (Fsp3) is 0.520. The van der Waals surface area contributed by atoms with Crippen molar-refractivity contribution in [1.82, 2.24) is 4.90 Å². The Hall–Kier alpha value is -2.48. The van der Waals surface area contributed by atoms with Crippen molar-refractivity contribution in [2.75, 3.05) is 47.6 Å². The highest BCUT2D eigenvalue weighted by Crippen LogP contribution is 2.38. The average Bonchev–Trinajstić information content (AvgIpc) is 3.30. The van der Waals surface area contributed by atoms with Gasteiger partial charge in [-0.05, 0) is 49.1 Å². The van der Waals surface area contributed by atoms with Crippen LogP contribution in [0.3, 0.4) is 0 Å². The highest BCUT2D eigenvalue weighted by molar-refractivity contribution is 5.53. The van der Waals surface area contributed by atoms with E-state index in [9.17, 15) is 5.11 Å². The molecule has 2 aromatic carbocycles. The van der Waals surface area contributed by atoms with Gasteiger partial charge in [0.25, 0.3) is 0 Å². The number of methoxy groups -OCH3 is 3. The maximum Gasteiger partial charge on any atom is 0.203 e. The third kappa shape index (κ3) is 6.51. The Morgan fingerprint density at radius 1 is 1.06 bits per heavy atom. The molecule has 0 amide bonds. The standard InChI is InChI=1S/C25H35NO6/c1-18-8-5-6-10-22(18)32-17-20(27)15-26(16-21-9-7-11-31-21)14-19-12-23(28-2)25(30-4)24(13-19)29-3/h5-6,8,10,12-13,20-21,27H,7,9,11,14-17H2,1-4H3. The number of nitrogens with zero attached hydrogens (tertiary/aromatic N) is 1. The molecule has 0 radical (unpaired) electrons. The van der Waals surface area contributed by atoms with E-state index in [4.69, 9.17) is 23.7 Å². The molecule has 0 spiro atoms. The Morgan fingerprint density at radius 2 is 1.78 bits per heavy atom. The van der Waals surface area contributed by atoms with Crippen LogP contribution in [-0.4, -0.2) is 69.8 Å². The summed E-state index contributed by atoms with van der Waals surface area (Å²) in [6, 6.07) is 11.7. The molecule has 7 heteroatoms. The fourth-order valence-electron chi connectivity index (χ4n) is 4.02. The van der Waals surface area contributed by atoms with Gasteiger partial charge in [-0.1, -0.05) is 18.2 Å². The van der Waals surface area contributed by atoms with Gasteiger partial charge in [0, 0.05) is 26.2 Å². The van der Waals surface area contributed by atoms with Crippen LogP contribution in [0.2, 0.25) is 0 Å². The van der Waals surface area contributed by atoms with Gasteiger partial charge >= 0.3 is 0 Å². The van der Waals surface area contributed by atoms with Crippen molar-refractivity contribution >= 4 is 0 Å². The Bertz CT molecular complexity index is 827. The third-order valence-electron chi connectivity index (χ3n) is 5.61. The minimum absolute atomic E-state index is 0.168. The van der Waals surface area contributed by atoms with Gasteiger partial charge in [-0.25, -0.2) is 0 Å². The molecule has 3 rings (SSSR count). The molecule has 2 atom stereocenters. The van der Waals surface area contributed by atoms with E-state index in [1.165, 1.54) is 0 Å². The second-order valence-corrected chi connectivity index (χ2v) is 8.09. The summed E-state index contributed by atoms with van der Waals surface area (Å²) in [4.78, 5) is 2.20. The van der Waals surface area contributed by atoms with Crippen LogP contribution in [0.4, 0.5) is 0 Å². The largest absolute Gasteiger partial charge is 0.493 e. The second kappa shape index (κ2) is 11.9. The lowest BCUT2D eigenvalue weighted by Crippen LogP contribution is -2.39. The third-order valence-corrected chi connectivity index (χ3v) is 5.61. The molecule has 2 aromatic rings.